The van der Waals surface area contributed by atoms with Crippen LogP contribution in [0.15, 0.2) is 54.9 Å². The second kappa shape index (κ2) is 6.91. The van der Waals surface area contributed by atoms with E-state index in [2.05, 4.69) is 79.3 Å². The molecule has 0 radical (unpaired) electrons. The number of rotatable bonds is 2. The van der Waals surface area contributed by atoms with Crippen LogP contribution in [-0.2, 0) is 0 Å². The molecule has 0 bridgehead atoms. The molecule has 2 heterocycles. The molecule has 2 N–H and O–H groups in total. The van der Waals surface area contributed by atoms with Crippen molar-refractivity contribution < 1.29 is 0 Å². The number of benzene rings is 2. The number of nitrogens with one attached hydrogen (secondary N) is 2. The molecule has 3 heteroatoms. The van der Waals surface area contributed by atoms with Crippen LogP contribution in [0.25, 0.3) is 21.8 Å². The number of aromatic amines is 2. The molecule has 0 aliphatic carbocycles. The van der Waals surface area contributed by atoms with Crippen LogP contribution in [0.5, 0.6) is 0 Å². The van der Waals surface area contributed by atoms with Crippen molar-refractivity contribution in [3.05, 3.63) is 66.0 Å². The van der Waals surface area contributed by atoms with Gasteiger partial charge in [-0.05, 0) is 41.2 Å². The summed E-state index contributed by atoms with van der Waals surface area (Å²) in [6.45, 7) is 8.84. The van der Waals surface area contributed by atoms with E-state index in [-0.39, 0.29) is 0 Å². The lowest BCUT2D eigenvalue weighted by Crippen LogP contribution is -1.86. The molecule has 0 atom stereocenters. The fourth-order valence-corrected chi connectivity index (χ4v) is 3.11. The molecule has 4 rings (SSSR count). The van der Waals surface area contributed by atoms with Gasteiger partial charge in [0, 0.05) is 22.5 Å². The molecule has 0 aliphatic rings. The van der Waals surface area contributed by atoms with E-state index in [4.69, 9.17) is 0 Å². The first-order chi connectivity index (χ1) is 11.6. The molecular weight excluding hydrogens is 294 g/mol. The predicted octanol–water partition coefficient (Wildman–Crippen LogP) is 5.98. The van der Waals surface area contributed by atoms with Crippen LogP contribution < -0.4 is 0 Å². The summed E-state index contributed by atoms with van der Waals surface area (Å²) >= 11 is 0. The third-order valence-corrected chi connectivity index (χ3v) is 4.39. The number of aromatic nitrogens is 3. The second-order valence-electron chi connectivity index (χ2n) is 6.77. The Morgan fingerprint density at radius 2 is 1.38 bits per heavy atom. The number of H-pyrrole nitrogens is 2. The third kappa shape index (κ3) is 3.21. The van der Waals surface area contributed by atoms with Gasteiger partial charge < -0.3 is 4.98 Å². The Morgan fingerprint density at radius 3 is 2.04 bits per heavy atom. The summed E-state index contributed by atoms with van der Waals surface area (Å²) in [5, 5.41) is 9.58. The molecule has 0 saturated heterocycles. The van der Waals surface area contributed by atoms with Gasteiger partial charge in [0.25, 0.3) is 0 Å². The highest BCUT2D eigenvalue weighted by molar-refractivity contribution is 5.83. The Kier molecular flexibility index (Phi) is 4.70. The van der Waals surface area contributed by atoms with Gasteiger partial charge in [-0.15, -0.1) is 0 Å². The summed E-state index contributed by atoms with van der Waals surface area (Å²) in [4.78, 5) is 3.21. The van der Waals surface area contributed by atoms with Gasteiger partial charge in [0.1, 0.15) is 0 Å². The summed E-state index contributed by atoms with van der Waals surface area (Å²) in [7, 11) is 0. The maximum atomic E-state index is 4.02. The van der Waals surface area contributed by atoms with Crippen LogP contribution in [0.3, 0.4) is 0 Å². The lowest BCUT2D eigenvalue weighted by atomic mass is 10.00. The first kappa shape index (κ1) is 16.3. The van der Waals surface area contributed by atoms with Gasteiger partial charge in [-0.3, -0.25) is 5.10 Å². The van der Waals surface area contributed by atoms with Crippen molar-refractivity contribution in [1.29, 1.82) is 0 Å². The molecule has 0 spiro atoms. The van der Waals surface area contributed by atoms with Crippen molar-refractivity contribution >= 4 is 21.8 Å². The van der Waals surface area contributed by atoms with E-state index in [9.17, 15) is 0 Å². The number of fused-ring (bicyclic) bond motifs is 2. The Morgan fingerprint density at radius 1 is 0.750 bits per heavy atom. The van der Waals surface area contributed by atoms with Crippen LogP contribution in [0.4, 0.5) is 0 Å². The highest BCUT2D eigenvalue weighted by Gasteiger charge is 2.05. The van der Waals surface area contributed by atoms with Crippen molar-refractivity contribution in [3.8, 4) is 0 Å². The minimum Gasteiger partial charge on any atom is -0.361 e. The molecule has 2 aromatic carbocycles. The molecule has 2 aromatic heterocycles. The van der Waals surface area contributed by atoms with Crippen LogP contribution in [0.1, 0.15) is 50.7 Å². The Bertz CT molecular complexity index is 850. The van der Waals surface area contributed by atoms with Crippen LogP contribution >= 0.6 is 0 Å². The van der Waals surface area contributed by atoms with Gasteiger partial charge in [0.15, 0.2) is 0 Å². The number of nitrogens with zero attached hydrogens (tertiary/aromatic N) is 1. The van der Waals surface area contributed by atoms with Gasteiger partial charge in [-0.2, -0.15) is 5.10 Å². The average molecular weight is 319 g/mol. The summed E-state index contributed by atoms with van der Waals surface area (Å²) in [5.41, 5.74) is 5.15. The van der Waals surface area contributed by atoms with E-state index in [1.54, 1.807) is 0 Å². The van der Waals surface area contributed by atoms with Crippen LogP contribution in [0.2, 0.25) is 0 Å². The van der Waals surface area contributed by atoms with Gasteiger partial charge >= 0.3 is 0 Å². The van der Waals surface area contributed by atoms with Crippen LogP contribution in [0, 0.1) is 0 Å². The van der Waals surface area contributed by atoms with Gasteiger partial charge in [0.2, 0.25) is 0 Å². The van der Waals surface area contributed by atoms with E-state index >= 15 is 0 Å². The minimum atomic E-state index is 0.561. The molecule has 0 aliphatic heterocycles. The highest BCUT2D eigenvalue weighted by Crippen LogP contribution is 2.24. The Hall–Kier alpha value is -2.55. The third-order valence-electron chi connectivity index (χ3n) is 4.39. The zero-order chi connectivity index (χ0) is 17.1. The largest absolute Gasteiger partial charge is 0.361 e. The summed E-state index contributed by atoms with van der Waals surface area (Å²) < 4.78 is 0. The monoisotopic (exact) mass is 319 g/mol. The first-order valence-corrected chi connectivity index (χ1v) is 8.56. The van der Waals surface area contributed by atoms with E-state index in [0.29, 0.717) is 11.8 Å². The predicted molar refractivity (Wildman–Crippen MR) is 103 cm³/mol. The molecule has 0 fully saturated rings. The van der Waals surface area contributed by atoms with Crippen molar-refractivity contribution in [3.63, 3.8) is 0 Å². The zero-order valence-corrected chi connectivity index (χ0v) is 14.8. The van der Waals surface area contributed by atoms with E-state index in [0.717, 1.165) is 5.52 Å². The smallest absolute Gasteiger partial charge is 0.0653 e. The van der Waals surface area contributed by atoms with Gasteiger partial charge in [-0.1, -0.05) is 52.0 Å². The minimum absolute atomic E-state index is 0.561. The van der Waals surface area contributed by atoms with E-state index in [1.165, 1.54) is 27.4 Å². The maximum Gasteiger partial charge on any atom is 0.0653 e. The Balaban J connectivity index is 0.000000141. The van der Waals surface area contributed by atoms with E-state index < -0.39 is 0 Å². The lowest BCUT2D eigenvalue weighted by molar-refractivity contribution is 0.876. The van der Waals surface area contributed by atoms with Gasteiger partial charge in [-0.25, -0.2) is 0 Å². The maximum absolute atomic E-state index is 4.02. The normalized spacial score (nSPS) is 11.2. The fourth-order valence-electron chi connectivity index (χ4n) is 3.11. The summed E-state index contributed by atoms with van der Waals surface area (Å²) in [6.07, 6.45) is 3.89. The van der Waals surface area contributed by atoms with Crippen molar-refractivity contribution in [2.24, 2.45) is 0 Å². The number of hydrogen-bond acceptors (Lipinski definition) is 1. The van der Waals surface area contributed by atoms with Crippen molar-refractivity contribution in [2.45, 2.75) is 39.5 Å². The SMILES string of the molecule is CC(C)c1cccc2[nH]ccc12.CC(C)c1cccc2[nH]ncc12. The molecule has 24 heavy (non-hydrogen) atoms. The molecule has 0 unspecified atom stereocenters. The average Bonchev–Trinajstić information content (AvgIpc) is 3.23. The molecule has 0 amide bonds. The summed E-state index contributed by atoms with van der Waals surface area (Å²) in [6, 6.07) is 14.8. The summed E-state index contributed by atoms with van der Waals surface area (Å²) in [5.74, 6) is 1.16. The first-order valence-electron chi connectivity index (χ1n) is 8.56. The molecule has 3 nitrogen and oxygen atoms in total. The second-order valence-corrected chi connectivity index (χ2v) is 6.77. The standard InChI is InChI=1S/C11H13N.C10H12N2/c1-8(2)9-4-3-5-11-10(9)6-7-12-11;1-7(2)8-4-3-5-10-9(8)6-11-12-10/h3-8,12H,1-2H3;3-7H,1-2H3,(H,11,12). The van der Waals surface area contributed by atoms with E-state index in [1.807, 2.05) is 18.5 Å². The molecular formula is C21H25N3. The van der Waals surface area contributed by atoms with Crippen molar-refractivity contribution in [1.82, 2.24) is 15.2 Å². The Labute approximate surface area is 143 Å². The fraction of sp³-hybridized carbons (Fsp3) is 0.286. The van der Waals surface area contributed by atoms with Crippen molar-refractivity contribution in [2.75, 3.05) is 0 Å². The molecule has 0 saturated carbocycles. The highest BCUT2D eigenvalue weighted by atomic mass is 15.1. The van der Waals surface area contributed by atoms with Gasteiger partial charge in [0.05, 0.1) is 11.7 Å². The zero-order valence-electron chi connectivity index (χ0n) is 14.8. The quantitative estimate of drug-likeness (QED) is 0.469. The molecule has 124 valence electrons. The van der Waals surface area contributed by atoms with Crippen LogP contribution in [-0.4, -0.2) is 15.2 Å². The number of hydrogen-bond donors (Lipinski definition) is 2. The lowest BCUT2D eigenvalue weighted by Gasteiger charge is -2.05. The molecule has 4 aromatic rings. The topological polar surface area (TPSA) is 44.5 Å².